The molecule has 1 aromatic heterocycles. The highest BCUT2D eigenvalue weighted by Gasteiger charge is 2.12. The smallest absolute Gasteiger partial charge is 0.220 e. The number of aromatic amines is 1. The van der Waals surface area contributed by atoms with Gasteiger partial charge in [-0.25, -0.2) is 4.98 Å². The molecular weight excluding hydrogens is 226 g/mol. The van der Waals surface area contributed by atoms with Crippen LogP contribution in [0, 0.1) is 6.92 Å². The van der Waals surface area contributed by atoms with Crippen LogP contribution in [-0.2, 0) is 4.79 Å². The van der Waals surface area contributed by atoms with Crippen molar-refractivity contribution in [3.63, 3.8) is 0 Å². The fourth-order valence-electron chi connectivity index (χ4n) is 1.96. The number of benzene rings is 1. The van der Waals surface area contributed by atoms with Gasteiger partial charge < -0.3 is 10.3 Å². The van der Waals surface area contributed by atoms with E-state index in [1.165, 1.54) is 5.56 Å². The quantitative estimate of drug-likeness (QED) is 0.870. The van der Waals surface area contributed by atoms with Gasteiger partial charge in [0.2, 0.25) is 5.91 Å². The van der Waals surface area contributed by atoms with E-state index >= 15 is 0 Å². The van der Waals surface area contributed by atoms with Gasteiger partial charge in [-0.2, -0.15) is 0 Å². The topological polar surface area (TPSA) is 57.8 Å². The van der Waals surface area contributed by atoms with Crippen molar-refractivity contribution in [1.82, 2.24) is 15.3 Å². The van der Waals surface area contributed by atoms with Crippen LogP contribution in [0.2, 0.25) is 0 Å². The number of nitrogens with one attached hydrogen (secondary N) is 2. The number of imidazole rings is 1. The van der Waals surface area contributed by atoms with Crippen molar-refractivity contribution in [2.45, 2.75) is 39.7 Å². The van der Waals surface area contributed by atoms with Gasteiger partial charge in [0, 0.05) is 6.42 Å². The van der Waals surface area contributed by atoms with Gasteiger partial charge in [0.25, 0.3) is 0 Å². The summed E-state index contributed by atoms with van der Waals surface area (Å²) in [4.78, 5) is 19.3. The van der Waals surface area contributed by atoms with E-state index in [1.54, 1.807) is 0 Å². The summed E-state index contributed by atoms with van der Waals surface area (Å²) in [5, 5.41) is 2.94. The molecule has 1 heterocycles. The van der Waals surface area contributed by atoms with Gasteiger partial charge in [0.05, 0.1) is 17.1 Å². The zero-order valence-corrected chi connectivity index (χ0v) is 11.1. The molecule has 0 bridgehead atoms. The van der Waals surface area contributed by atoms with Gasteiger partial charge in [-0.1, -0.05) is 13.0 Å². The molecule has 4 nitrogen and oxygen atoms in total. The van der Waals surface area contributed by atoms with E-state index in [9.17, 15) is 4.79 Å². The summed E-state index contributed by atoms with van der Waals surface area (Å²) in [6.07, 6.45) is 1.42. The summed E-state index contributed by atoms with van der Waals surface area (Å²) in [5.41, 5.74) is 3.15. The number of carbonyl (C=O) groups is 1. The maximum atomic E-state index is 11.5. The predicted octanol–water partition coefficient (Wildman–Crippen LogP) is 2.85. The van der Waals surface area contributed by atoms with Crippen LogP contribution in [0.1, 0.15) is 44.1 Å². The first-order valence-electron chi connectivity index (χ1n) is 6.35. The number of aromatic nitrogens is 2. The van der Waals surface area contributed by atoms with Crippen molar-refractivity contribution >= 4 is 16.9 Å². The first kappa shape index (κ1) is 12.6. The predicted molar refractivity (Wildman–Crippen MR) is 72.3 cm³/mol. The Morgan fingerprint density at radius 1 is 1.50 bits per heavy atom. The van der Waals surface area contributed by atoms with Crippen molar-refractivity contribution in [3.05, 3.63) is 29.6 Å². The summed E-state index contributed by atoms with van der Waals surface area (Å²) >= 11 is 0. The number of amides is 1. The molecule has 2 aromatic rings. The van der Waals surface area contributed by atoms with E-state index in [0.717, 1.165) is 23.3 Å². The molecule has 0 radical (unpaired) electrons. The molecule has 0 saturated heterocycles. The SMILES string of the molecule is CCCC(=O)NC(C)c1nc2ccc(C)cc2[nH]1. The van der Waals surface area contributed by atoms with Crippen LogP contribution in [0.15, 0.2) is 18.2 Å². The highest BCUT2D eigenvalue weighted by atomic mass is 16.1. The fourth-order valence-corrected chi connectivity index (χ4v) is 1.96. The van der Waals surface area contributed by atoms with E-state index in [-0.39, 0.29) is 11.9 Å². The lowest BCUT2D eigenvalue weighted by Gasteiger charge is -2.10. The number of carbonyl (C=O) groups excluding carboxylic acids is 1. The van der Waals surface area contributed by atoms with Crippen LogP contribution >= 0.6 is 0 Å². The van der Waals surface area contributed by atoms with Crippen LogP contribution in [0.5, 0.6) is 0 Å². The average Bonchev–Trinajstić information content (AvgIpc) is 2.72. The van der Waals surface area contributed by atoms with E-state index in [1.807, 2.05) is 32.9 Å². The molecule has 18 heavy (non-hydrogen) atoms. The number of fused-ring (bicyclic) bond motifs is 1. The summed E-state index contributed by atoms with van der Waals surface area (Å²) in [5.74, 6) is 0.877. The van der Waals surface area contributed by atoms with Crippen molar-refractivity contribution in [2.75, 3.05) is 0 Å². The Balaban J connectivity index is 2.17. The van der Waals surface area contributed by atoms with Gasteiger partial charge in [-0.3, -0.25) is 4.79 Å². The maximum absolute atomic E-state index is 11.5. The van der Waals surface area contributed by atoms with Crippen LogP contribution in [-0.4, -0.2) is 15.9 Å². The van der Waals surface area contributed by atoms with Crippen molar-refractivity contribution in [2.24, 2.45) is 0 Å². The second kappa shape index (κ2) is 5.21. The molecule has 2 N–H and O–H groups in total. The van der Waals surface area contributed by atoms with Gasteiger partial charge in [0.1, 0.15) is 5.82 Å². The third-order valence-electron chi connectivity index (χ3n) is 2.92. The lowest BCUT2D eigenvalue weighted by atomic mass is 10.2. The Morgan fingerprint density at radius 2 is 2.28 bits per heavy atom. The molecule has 0 spiro atoms. The molecule has 2 rings (SSSR count). The average molecular weight is 245 g/mol. The van der Waals surface area contributed by atoms with Gasteiger partial charge in [-0.05, 0) is 38.0 Å². The van der Waals surface area contributed by atoms with Crippen molar-refractivity contribution in [1.29, 1.82) is 0 Å². The molecule has 0 aliphatic carbocycles. The Kier molecular flexibility index (Phi) is 3.65. The third kappa shape index (κ3) is 2.70. The largest absolute Gasteiger partial charge is 0.346 e. The second-order valence-electron chi connectivity index (χ2n) is 4.68. The van der Waals surface area contributed by atoms with E-state index in [4.69, 9.17) is 0 Å². The molecule has 0 fully saturated rings. The molecule has 1 atom stereocenters. The van der Waals surface area contributed by atoms with E-state index in [2.05, 4.69) is 21.4 Å². The summed E-state index contributed by atoms with van der Waals surface area (Å²) in [7, 11) is 0. The molecule has 0 aliphatic heterocycles. The highest BCUT2D eigenvalue weighted by molar-refractivity contribution is 5.77. The first-order valence-corrected chi connectivity index (χ1v) is 6.35. The molecule has 96 valence electrons. The Morgan fingerprint density at radius 3 is 3.00 bits per heavy atom. The number of rotatable bonds is 4. The van der Waals surface area contributed by atoms with Gasteiger partial charge in [0.15, 0.2) is 0 Å². The van der Waals surface area contributed by atoms with Crippen LogP contribution in [0.25, 0.3) is 11.0 Å². The maximum Gasteiger partial charge on any atom is 0.220 e. The minimum atomic E-state index is -0.0863. The van der Waals surface area contributed by atoms with Crippen LogP contribution in [0.3, 0.4) is 0 Å². The Bertz CT molecular complexity index is 559. The number of aryl methyl sites for hydroxylation is 1. The fraction of sp³-hybridized carbons (Fsp3) is 0.429. The number of nitrogens with zero attached hydrogens (tertiary/aromatic N) is 1. The van der Waals surface area contributed by atoms with Gasteiger partial charge in [-0.15, -0.1) is 0 Å². The Hall–Kier alpha value is -1.84. The summed E-state index contributed by atoms with van der Waals surface area (Å²) in [6, 6.07) is 6.00. The minimum Gasteiger partial charge on any atom is -0.346 e. The summed E-state index contributed by atoms with van der Waals surface area (Å²) in [6.45, 7) is 5.98. The zero-order chi connectivity index (χ0) is 13.1. The third-order valence-corrected chi connectivity index (χ3v) is 2.92. The molecule has 4 heteroatoms. The lowest BCUT2D eigenvalue weighted by Crippen LogP contribution is -2.26. The van der Waals surface area contributed by atoms with Crippen LogP contribution in [0.4, 0.5) is 0 Å². The normalized spacial score (nSPS) is 12.6. The number of hydrogen-bond acceptors (Lipinski definition) is 2. The lowest BCUT2D eigenvalue weighted by molar-refractivity contribution is -0.121. The minimum absolute atomic E-state index is 0.0710. The standard InChI is InChI=1S/C14H19N3O/c1-4-5-13(18)15-10(3)14-16-11-7-6-9(2)8-12(11)17-14/h6-8,10H,4-5H2,1-3H3,(H,15,18)(H,16,17). The highest BCUT2D eigenvalue weighted by Crippen LogP contribution is 2.17. The molecule has 1 aromatic carbocycles. The molecule has 0 saturated carbocycles. The number of H-pyrrole nitrogens is 1. The van der Waals surface area contributed by atoms with Crippen molar-refractivity contribution < 1.29 is 4.79 Å². The molecule has 1 amide bonds. The van der Waals surface area contributed by atoms with E-state index < -0.39 is 0 Å². The second-order valence-corrected chi connectivity index (χ2v) is 4.68. The zero-order valence-electron chi connectivity index (χ0n) is 11.1. The molecular formula is C14H19N3O. The molecule has 1 unspecified atom stereocenters. The van der Waals surface area contributed by atoms with E-state index in [0.29, 0.717) is 6.42 Å². The monoisotopic (exact) mass is 245 g/mol. The van der Waals surface area contributed by atoms with Crippen LogP contribution < -0.4 is 5.32 Å². The van der Waals surface area contributed by atoms with Crippen molar-refractivity contribution in [3.8, 4) is 0 Å². The summed E-state index contributed by atoms with van der Waals surface area (Å²) < 4.78 is 0. The van der Waals surface area contributed by atoms with Gasteiger partial charge >= 0.3 is 0 Å². The number of hydrogen-bond donors (Lipinski definition) is 2. The molecule has 0 aliphatic rings. The first-order chi connectivity index (χ1) is 8.60. The Labute approximate surface area is 107 Å².